The first-order chi connectivity index (χ1) is 16.7. The van der Waals surface area contributed by atoms with E-state index < -0.39 is 0 Å². The Hall–Kier alpha value is -1.89. The van der Waals surface area contributed by atoms with Gasteiger partial charge in [0.25, 0.3) is 0 Å². The minimum atomic E-state index is -0.230. The number of hydrogen-bond acceptors (Lipinski definition) is 6. The van der Waals surface area contributed by atoms with Crippen molar-refractivity contribution in [2.24, 2.45) is 32.2 Å². The highest BCUT2D eigenvalue weighted by Gasteiger charge is 2.29. The van der Waals surface area contributed by atoms with Crippen molar-refractivity contribution in [3.8, 4) is 0 Å². The maximum absolute atomic E-state index is 6.00. The van der Waals surface area contributed by atoms with Crippen molar-refractivity contribution in [1.29, 1.82) is 0 Å². The van der Waals surface area contributed by atoms with E-state index in [1.165, 1.54) is 0 Å². The molecule has 0 rings (SSSR count). The fourth-order valence-corrected chi connectivity index (χ4v) is 2.50. The number of ether oxygens (including phenoxy) is 3. The third-order valence-corrected chi connectivity index (χ3v) is 5.97. The van der Waals surface area contributed by atoms with E-state index in [1.54, 1.807) is 0 Å². The Kier molecular flexibility index (Phi) is 19.2. The number of hydrogen-bond donors (Lipinski definition) is 0. The second-order valence-electron chi connectivity index (χ2n) is 9.62. The second kappa shape index (κ2) is 20.3. The Bertz CT molecular complexity index is 691. The molecule has 0 aliphatic rings. The van der Waals surface area contributed by atoms with Crippen LogP contribution in [-0.2, 0) is 14.2 Å². The van der Waals surface area contributed by atoms with Crippen LogP contribution in [0.4, 0.5) is 0 Å². The number of rotatable bonds is 19. The molecule has 6 nitrogen and oxygen atoms in total. The molecule has 0 aromatic heterocycles. The van der Waals surface area contributed by atoms with Crippen LogP contribution in [0.5, 0.6) is 0 Å². The molecular weight excluding hydrogens is 438 g/mol. The van der Waals surface area contributed by atoms with E-state index in [-0.39, 0.29) is 5.41 Å². The molecule has 6 heteroatoms. The Morgan fingerprint density at radius 3 is 1.34 bits per heavy atom. The molecule has 35 heavy (non-hydrogen) atoms. The number of nitrogens with zero attached hydrogens (tertiary/aromatic N) is 3. The van der Waals surface area contributed by atoms with Gasteiger partial charge in [-0.05, 0) is 63.7 Å². The van der Waals surface area contributed by atoms with Gasteiger partial charge < -0.3 is 14.2 Å². The highest BCUT2D eigenvalue weighted by atomic mass is 16.5. The van der Waals surface area contributed by atoms with E-state index in [1.807, 2.05) is 57.6 Å². The maximum Gasteiger partial charge on any atom is 0.0665 e. The SMILES string of the molecule is CCC(C)=NC=CCOCC(CC)(COCC=CN=C(C)C(C)C)COCC=CN=C(C)C(C)C. The summed E-state index contributed by atoms with van der Waals surface area (Å²) in [5.41, 5.74) is 3.09. The summed E-state index contributed by atoms with van der Waals surface area (Å²) in [6, 6.07) is 0. The lowest BCUT2D eigenvalue weighted by Gasteiger charge is -2.31. The summed E-state index contributed by atoms with van der Waals surface area (Å²) >= 11 is 0. The molecule has 0 aliphatic carbocycles. The predicted molar refractivity (Wildman–Crippen MR) is 152 cm³/mol. The molecule has 0 aliphatic heterocycles. The van der Waals surface area contributed by atoms with Crippen molar-refractivity contribution in [3.63, 3.8) is 0 Å². The Balaban J connectivity index is 4.92. The number of aliphatic imine (C=N–C) groups is 3. The van der Waals surface area contributed by atoms with Gasteiger partial charge in [-0.25, -0.2) is 0 Å². The van der Waals surface area contributed by atoms with E-state index in [9.17, 15) is 0 Å². The smallest absolute Gasteiger partial charge is 0.0665 e. The summed E-state index contributed by atoms with van der Waals surface area (Å²) in [5.74, 6) is 0.893. The highest BCUT2D eigenvalue weighted by Crippen LogP contribution is 2.24. The third-order valence-electron chi connectivity index (χ3n) is 5.97. The molecule has 0 saturated heterocycles. The molecule has 0 aromatic rings. The van der Waals surface area contributed by atoms with E-state index >= 15 is 0 Å². The molecule has 0 heterocycles. The molecule has 0 fully saturated rings. The molecule has 0 spiro atoms. The quantitative estimate of drug-likeness (QED) is 0.144. The van der Waals surface area contributed by atoms with Gasteiger partial charge >= 0.3 is 0 Å². The van der Waals surface area contributed by atoms with Crippen molar-refractivity contribution in [2.45, 2.75) is 75.2 Å². The average Bonchev–Trinajstić information content (AvgIpc) is 2.84. The fraction of sp³-hybridized carbons (Fsp3) is 0.690. The monoisotopic (exact) mass is 489 g/mol. The van der Waals surface area contributed by atoms with Gasteiger partial charge in [0, 0.05) is 41.1 Å². The van der Waals surface area contributed by atoms with Crippen LogP contribution < -0.4 is 0 Å². The lowest BCUT2D eigenvalue weighted by atomic mass is 9.88. The van der Waals surface area contributed by atoms with E-state index in [4.69, 9.17) is 14.2 Å². The van der Waals surface area contributed by atoms with Gasteiger partial charge in [-0.3, -0.25) is 15.0 Å². The molecule has 200 valence electrons. The molecule has 0 saturated carbocycles. The first-order valence-electron chi connectivity index (χ1n) is 13.0. The minimum absolute atomic E-state index is 0.230. The van der Waals surface area contributed by atoms with Crippen molar-refractivity contribution in [1.82, 2.24) is 0 Å². The van der Waals surface area contributed by atoms with Crippen LogP contribution in [-0.4, -0.2) is 56.8 Å². The van der Waals surface area contributed by atoms with Gasteiger partial charge in [0.05, 0.1) is 39.6 Å². The van der Waals surface area contributed by atoms with Crippen LogP contribution in [0.1, 0.15) is 75.2 Å². The zero-order chi connectivity index (χ0) is 26.5. The standard InChI is InChI=1S/C29H51N3O3/c1-10-26(7)30-15-12-18-33-21-29(11-2,22-34-19-13-16-31-27(8)24(3)4)23-35-20-14-17-32-28(9)25(5)6/h12-17,24-25H,10-11,18-23H2,1-9H3. The zero-order valence-corrected chi connectivity index (χ0v) is 23.8. The first kappa shape index (κ1) is 33.1. The normalized spacial score (nSPS) is 16.0. The van der Waals surface area contributed by atoms with Crippen molar-refractivity contribution >= 4 is 17.1 Å². The van der Waals surface area contributed by atoms with Crippen molar-refractivity contribution in [2.75, 3.05) is 39.6 Å². The molecular formula is C29H51N3O3. The lowest BCUT2D eigenvalue weighted by molar-refractivity contribution is -0.0588. The largest absolute Gasteiger partial charge is 0.377 e. The van der Waals surface area contributed by atoms with Crippen LogP contribution in [0, 0.1) is 17.3 Å². The van der Waals surface area contributed by atoms with Crippen LogP contribution in [0.25, 0.3) is 0 Å². The first-order valence-corrected chi connectivity index (χ1v) is 13.0. The van der Waals surface area contributed by atoms with Crippen molar-refractivity contribution in [3.05, 3.63) is 36.8 Å². The minimum Gasteiger partial charge on any atom is -0.377 e. The summed E-state index contributed by atoms with van der Waals surface area (Å²) in [6.07, 6.45) is 13.1. The van der Waals surface area contributed by atoms with Gasteiger partial charge in [0.2, 0.25) is 0 Å². The summed E-state index contributed by atoms with van der Waals surface area (Å²) in [4.78, 5) is 13.3. The van der Waals surface area contributed by atoms with E-state index in [2.05, 4.69) is 56.5 Å². The van der Waals surface area contributed by atoms with E-state index in [0.29, 0.717) is 51.5 Å². The summed E-state index contributed by atoms with van der Waals surface area (Å²) < 4.78 is 18.0. The third kappa shape index (κ3) is 17.2. The predicted octanol–water partition coefficient (Wildman–Crippen LogP) is 7.08. The van der Waals surface area contributed by atoms with Crippen molar-refractivity contribution < 1.29 is 14.2 Å². The molecule has 0 N–H and O–H groups in total. The fourth-order valence-electron chi connectivity index (χ4n) is 2.50. The highest BCUT2D eigenvalue weighted by molar-refractivity contribution is 5.84. The summed E-state index contributed by atoms with van der Waals surface area (Å²) in [5, 5.41) is 0. The van der Waals surface area contributed by atoms with Crippen LogP contribution in [0.2, 0.25) is 0 Å². The second-order valence-corrected chi connectivity index (χ2v) is 9.62. The molecule has 0 amide bonds. The Labute approximate surface area is 215 Å². The van der Waals surface area contributed by atoms with Gasteiger partial charge in [-0.15, -0.1) is 0 Å². The average molecular weight is 490 g/mol. The zero-order valence-electron chi connectivity index (χ0n) is 23.8. The Morgan fingerprint density at radius 1 is 0.657 bits per heavy atom. The molecule has 0 bridgehead atoms. The van der Waals surface area contributed by atoms with Crippen LogP contribution >= 0.6 is 0 Å². The topological polar surface area (TPSA) is 64.8 Å². The molecule has 0 atom stereocenters. The van der Waals surface area contributed by atoms with Gasteiger partial charge in [-0.1, -0.05) is 41.5 Å². The Morgan fingerprint density at radius 2 is 1.03 bits per heavy atom. The lowest BCUT2D eigenvalue weighted by Crippen LogP contribution is -2.37. The van der Waals surface area contributed by atoms with Crippen LogP contribution in [0.15, 0.2) is 51.8 Å². The van der Waals surface area contributed by atoms with Gasteiger partial charge in [0.1, 0.15) is 0 Å². The summed E-state index contributed by atoms with van der Waals surface area (Å²) in [7, 11) is 0. The molecule has 0 unspecified atom stereocenters. The van der Waals surface area contributed by atoms with Gasteiger partial charge in [-0.2, -0.15) is 0 Å². The summed E-state index contributed by atoms with van der Waals surface area (Å²) in [6.45, 7) is 22.1. The van der Waals surface area contributed by atoms with E-state index in [0.717, 1.165) is 30.0 Å². The molecule has 0 aromatic carbocycles. The maximum atomic E-state index is 6.00. The molecule has 0 radical (unpaired) electrons. The van der Waals surface area contributed by atoms with Crippen LogP contribution in [0.3, 0.4) is 0 Å². The van der Waals surface area contributed by atoms with Gasteiger partial charge in [0.15, 0.2) is 0 Å².